The lowest BCUT2D eigenvalue weighted by Crippen LogP contribution is -2.08. The first kappa shape index (κ1) is 17.2. The van der Waals surface area contributed by atoms with Crippen molar-refractivity contribution >= 4 is 22.4 Å². The van der Waals surface area contributed by atoms with Crippen molar-refractivity contribution < 1.29 is 9.53 Å². The summed E-state index contributed by atoms with van der Waals surface area (Å²) in [6.45, 7) is 2.17. The topological polar surface area (TPSA) is 65.2 Å². The van der Waals surface area contributed by atoms with Gasteiger partial charge in [-0.2, -0.15) is 0 Å². The van der Waals surface area contributed by atoms with Crippen LogP contribution in [0.4, 0.5) is 5.13 Å². The first-order chi connectivity index (χ1) is 12.2. The van der Waals surface area contributed by atoms with Gasteiger partial charge in [0.05, 0.1) is 11.3 Å². The maximum absolute atomic E-state index is 12.2. The van der Waals surface area contributed by atoms with E-state index in [9.17, 15) is 4.79 Å². The van der Waals surface area contributed by atoms with E-state index in [0.29, 0.717) is 16.4 Å². The predicted molar refractivity (Wildman–Crippen MR) is 102 cm³/mol. The number of aryl methyl sites for hydroxylation is 1. The Hall–Kier alpha value is -2.66. The molecule has 0 atom stereocenters. The van der Waals surface area contributed by atoms with Crippen LogP contribution in [0.3, 0.4) is 0 Å². The maximum atomic E-state index is 12.2. The Morgan fingerprint density at radius 2 is 1.84 bits per heavy atom. The van der Waals surface area contributed by atoms with Crippen LogP contribution in [0.25, 0.3) is 11.3 Å². The van der Waals surface area contributed by atoms with E-state index in [2.05, 4.69) is 11.9 Å². The number of hydrogen-bond acceptors (Lipinski definition) is 5. The number of thiazole rings is 1. The molecule has 0 aliphatic heterocycles. The zero-order valence-corrected chi connectivity index (χ0v) is 14.9. The lowest BCUT2D eigenvalue weighted by atomic mass is 10.1. The van der Waals surface area contributed by atoms with Gasteiger partial charge < -0.3 is 10.5 Å². The van der Waals surface area contributed by atoms with Gasteiger partial charge in [-0.1, -0.05) is 25.5 Å². The molecule has 0 amide bonds. The molecule has 5 heteroatoms. The van der Waals surface area contributed by atoms with Crippen LogP contribution >= 0.6 is 11.3 Å². The zero-order valence-electron chi connectivity index (χ0n) is 14.1. The maximum Gasteiger partial charge on any atom is 0.343 e. The van der Waals surface area contributed by atoms with E-state index in [1.807, 2.05) is 41.8 Å². The van der Waals surface area contributed by atoms with Gasteiger partial charge in [-0.05, 0) is 54.8 Å². The summed E-state index contributed by atoms with van der Waals surface area (Å²) in [5, 5.41) is 2.43. The highest BCUT2D eigenvalue weighted by atomic mass is 32.1. The first-order valence-corrected chi connectivity index (χ1v) is 9.16. The molecule has 0 fully saturated rings. The molecule has 3 rings (SSSR count). The van der Waals surface area contributed by atoms with Gasteiger partial charge in [-0.15, -0.1) is 11.3 Å². The molecular formula is C20H20N2O2S. The van der Waals surface area contributed by atoms with Crippen LogP contribution in [0.15, 0.2) is 53.9 Å². The second-order valence-electron chi connectivity index (χ2n) is 5.79. The number of anilines is 1. The van der Waals surface area contributed by atoms with Gasteiger partial charge in [0.1, 0.15) is 5.75 Å². The molecule has 4 nitrogen and oxygen atoms in total. The van der Waals surface area contributed by atoms with Crippen molar-refractivity contribution in [1.82, 2.24) is 4.98 Å². The minimum Gasteiger partial charge on any atom is -0.423 e. The molecule has 2 N–H and O–H groups in total. The number of hydrogen-bond donors (Lipinski definition) is 1. The summed E-state index contributed by atoms with van der Waals surface area (Å²) in [4.78, 5) is 16.5. The number of benzene rings is 2. The predicted octanol–water partition coefficient (Wildman–Crippen LogP) is 4.95. The third-order valence-electron chi connectivity index (χ3n) is 3.89. The minimum atomic E-state index is -0.354. The molecule has 25 heavy (non-hydrogen) atoms. The Morgan fingerprint density at radius 3 is 2.44 bits per heavy atom. The smallest absolute Gasteiger partial charge is 0.343 e. The van der Waals surface area contributed by atoms with Crippen molar-refractivity contribution in [2.24, 2.45) is 0 Å². The number of rotatable bonds is 6. The fraction of sp³-hybridized carbons (Fsp3) is 0.200. The molecule has 0 radical (unpaired) electrons. The Balaban J connectivity index is 1.64. The molecule has 128 valence electrons. The lowest BCUT2D eigenvalue weighted by Gasteiger charge is -2.06. The van der Waals surface area contributed by atoms with Crippen LogP contribution in [0.5, 0.6) is 5.75 Å². The largest absolute Gasteiger partial charge is 0.423 e. The molecule has 0 saturated heterocycles. The van der Waals surface area contributed by atoms with E-state index in [1.165, 1.54) is 16.9 Å². The number of ether oxygens (including phenoxy) is 1. The summed E-state index contributed by atoms with van der Waals surface area (Å²) in [5.41, 5.74) is 9.21. The SMILES string of the molecule is CCCCc1ccc(C(=O)Oc2ccc(-c3csc(N)n3)cc2)cc1. The lowest BCUT2D eigenvalue weighted by molar-refractivity contribution is 0.0735. The number of aromatic nitrogens is 1. The van der Waals surface area contributed by atoms with Gasteiger partial charge in [-0.25, -0.2) is 9.78 Å². The Bertz CT molecular complexity index is 839. The molecule has 0 aliphatic rings. The highest BCUT2D eigenvalue weighted by Crippen LogP contribution is 2.25. The summed E-state index contributed by atoms with van der Waals surface area (Å²) in [6.07, 6.45) is 3.35. The number of nitrogens with zero attached hydrogens (tertiary/aromatic N) is 1. The summed E-state index contributed by atoms with van der Waals surface area (Å²) in [6, 6.07) is 14.9. The van der Waals surface area contributed by atoms with Gasteiger partial charge >= 0.3 is 5.97 Å². The number of carbonyl (C=O) groups is 1. The molecule has 0 spiro atoms. The third-order valence-corrected chi connectivity index (χ3v) is 4.57. The summed E-state index contributed by atoms with van der Waals surface area (Å²) in [5.74, 6) is 0.153. The van der Waals surface area contributed by atoms with Crippen molar-refractivity contribution in [1.29, 1.82) is 0 Å². The molecular weight excluding hydrogens is 332 g/mol. The molecule has 0 bridgehead atoms. The quantitative estimate of drug-likeness (QED) is 0.503. The van der Waals surface area contributed by atoms with Gasteiger partial charge in [-0.3, -0.25) is 0 Å². The van der Waals surface area contributed by atoms with Crippen molar-refractivity contribution in [2.45, 2.75) is 26.2 Å². The number of unbranched alkanes of at least 4 members (excludes halogenated alkanes) is 1. The highest BCUT2D eigenvalue weighted by Gasteiger charge is 2.09. The van der Waals surface area contributed by atoms with E-state index in [0.717, 1.165) is 30.5 Å². The molecule has 0 saturated carbocycles. The average Bonchev–Trinajstić information content (AvgIpc) is 3.07. The Labute approximate surface area is 151 Å². The molecule has 2 aromatic carbocycles. The zero-order chi connectivity index (χ0) is 17.6. The van der Waals surface area contributed by atoms with Crippen LogP contribution in [0.2, 0.25) is 0 Å². The second-order valence-corrected chi connectivity index (χ2v) is 6.68. The van der Waals surface area contributed by atoms with Gasteiger partial charge in [0.15, 0.2) is 5.13 Å². The van der Waals surface area contributed by atoms with Crippen LogP contribution in [-0.2, 0) is 6.42 Å². The first-order valence-electron chi connectivity index (χ1n) is 8.28. The van der Waals surface area contributed by atoms with E-state index in [1.54, 1.807) is 12.1 Å². The summed E-state index contributed by atoms with van der Waals surface area (Å²) in [7, 11) is 0. The Morgan fingerprint density at radius 1 is 1.12 bits per heavy atom. The van der Waals surface area contributed by atoms with E-state index >= 15 is 0 Å². The monoisotopic (exact) mass is 352 g/mol. The van der Waals surface area contributed by atoms with Crippen LogP contribution in [0.1, 0.15) is 35.7 Å². The fourth-order valence-electron chi connectivity index (χ4n) is 2.47. The van der Waals surface area contributed by atoms with Crippen LogP contribution < -0.4 is 10.5 Å². The summed E-state index contributed by atoms with van der Waals surface area (Å²) < 4.78 is 5.44. The van der Waals surface area contributed by atoms with Crippen LogP contribution in [0, 0.1) is 0 Å². The fourth-order valence-corrected chi connectivity index (χ4v) is 3.04. The van der Waals surface area contributed by atoms with E-state index in [4.69, 9.17) is 10.5 Å². The van der Waals surface area contributed by atoms with E-state index in [-0.39, 0.29) is 5.97 Å². The average molecular weight is 352 g/mol. The third kappa shape index (κ3) is 4.45. The van der Waals surface area contributed by atoms with Crippen molar-refractivity contribution in [3.05, 3.63) is 65.0 Å². The molecule has 3 aromatic rings. The standard InChI is InChI=1S/C20H20N2O2S/c1-2-3-4-14-5-7-16(8-6-14)19(23)24-17-11-9-15(10-12-17)18-13-25-20(21)22-18/h5-13H,2-4H2,1H3,(H2,21,22). The van der Waals surface area contributed by atoms with Crippen LogP contribution in [-0.4, -0.2) is 11.0 Å². The van der Waals surface area contributed by atoms with Gasteiger partial charge in [0.2, 0.25) is 0 Å². The van der Waals surface area contributed by atoms with Crippen molar-refractivity contribution in [3.8, 4) is 17.0 Å². The number of nitrogens with two attached hydrogens (primary N) is 1. The second kappa shape index (κ2) is 7.94. The molecule has 0 aliphatic carbocycles. The molecule has 1 aromatic heterocycles. The highest BCUT2D eigenvalue weighted by molar-refractivity contribution is 7.13. The minimum absolute atomic E-state index is 0.354. The molecule has 1 heterocycles. The number of carbonyl (C=O) groups excluding carboxylic acids is 1. The molecule has 0 unspecified atom stereocenters. The Kier molecular flexibility index (Phi) is 5.46. The van der Waals surface area contributed by atoms with Gasteiger partial charge in [0, 0.05) is 10.9 Å². The normalized spacial score (nSPS) is 10.6. The van der Waals surface area contributed by atoms with Crippen molar-refractivity contribution in [2.75, 3.05) is 5.73 Å². The van der Waals surface area contributed by atoms with Crippen molar-refractivity contribution in [3.63, 3.8) is 0 Å². The number of nitrogen functional groups attached to an aromatic ring is 1. The van der Waals surface area contributed by atoms with Gasteiger partial charge in [0.25, 0.3) is 0 Å². The number of esters is 1. The summed E-state index contributed by atoms with van der Waals surface area (Å²) >= 11 is 1.40. The van der Waals surface area contributed by atoms with E-state index < -0.39 is 0 Å².